The maximum absolute atomic E-state index is 15.0. The second kappa shape index (κ2) is 17.8. The van der Waals surface area contributed by atoms with E-state index in [-0.39, 0.29) is 83.6 Å². The van der Waals surface area contributed by atoms with Crippen LogP contribution in [0.4, 0.5) is 11.4 Å². The van der Waals surface area contributed by atoms with Gasteiger partial charge in [0.2, 0.25) is 6.79 Å². The van der Waals surface area contributed by atoms with Crippen LogP contribution in [0, 0.1) is 6.92 Å². The maximum atomic E-state index is 15.0. The molecule has 3 aliphatic rings. The third-order valence-corrected chi connectivity index (χ3v) is 10.9. The number of morpholine rings is 1. The Kier molecular flexibility index (Phi) is 13.5. The number of nitrogens with zero attached hydrogens (tertiary/aromatic N) is 6. The molecular weight excluding hydrogens is 773 g/mol. The number of aromatic nitrogens is 3. The number of carbonyl (C=O) groups is 2. The number of phosphoric acid groups is 1. The molecule has 2 amide bonds. The van der Waals surface area contributed by atoms with Gasteiger partial charge in [-0.2, -0.15) is 5.10 Å². The zero-order chi connectivity index (χ0) is 38.4. The van der Waals surface area contributed by atoms with Crippen LogP contribution in [0.2, 0.25) is 0 Å². The second-order valence-corrected chi connectivity index (χ2v) is 14.9. The summed E-state index contributed by atoms with van der Waals surface area (Å²) in [4.78, 5) is 57.8. The topological polar surface area (TPSA) is 167 Å². The van der Waals surface area contributed by atoms with E-state index in [1.54, 1.807) is 36.1 Å². The smallest absolute Gasteiger partial charge is 0.780 e. The SMILES string of the molecule is Cc1c(C(=O)N(c2ccc(OP(=O)([O-])[O-])cc2)c2cnn(C)c2)cc(-c2cc3c(cc2C(=O)N2Cc4ccccc4C[C@H]2CN2CCOCC2)OCO3)n1C.[Na+].[Na+]. The molecule has 8 rings (SSSR count). The fourth-order valence-corrected chi connectivity index (χ4v) is 7.92. The van der Waals surface area contributed by atoms with Crippen LogP contribution in [-0.2, 0) is 36.4 Å². The Morgan fingerprint density at radius 1 is 0.930 bits per heavy atom. The summed E-state index contributed by atoms with van der Waals surface area (Å²) in [5.41, 5.74) is 5.73. The Balaban J connectivity index is 0.00000275. The van der Waals surface area contributed by atoms with Crippen molar-refractivity contribution in [1.82, 2.24) is 24.1 Å². The summed E-state index contributed by atoms with van der Waals surface area (Å²) in [7, 11) is -1.73. The minimum Gasteiger partial charge on any atom is -0.780 e. The van der Waals surface area contributed by atoms with Crippen LogP contribution in [0.1, 0.15) is 37.5 Å². The van der Waals surface area contributed by atoms with Gasteiger partial charge < -0.3 is 42.6 Å². The van der Waals surface area contributed by atoms with Gasteiger partial charge in [-0.15, -0.1) is 0 Å². The Hall–Kier alpha value is -3.44. The number of carbonyl (C=O) groups excluding carboxylic acids is 2. The molecule has 1 saturated heterocycles. The molecule has 3 aliphatic heterocycles. The molecule has 0 unspecified atom stereocenters. The normalized spacial score (nSPS) is 16.3. The molecule has 5 heterocycles. The number of rotatable bonds is 9. The van der Waals surface area contributed by atoms with Crippen molar-refractivity contribution >= 4 is 31.0 Å². The van der Waals surface area contributed by atoms with Crippen LogP contribution >= 0.6 is 7.82 Å². The van der Waals surface area contributed by atoms with Gasteiger partial charge in [-0.3, -0.25) is 24.1 Å². The van der Waals surface area contributed by atoms with Gasteiger partial charge in [-0.05, 0) is 66.9 Å². The van der Waals surface area contributed by atoms with E-state index in [0.717, 1.165) is 18.7 Å². The first-order chi connectivity index (χ1) is 26.4. The summed E-state index contributed by atoms with van der Waals surface area (Å²) in [6.07, 6.45) is 3.92. The standard InChI is InChI=1S/C39H41N6O9P.2Na/c1-25-32(39(47)45(30-20-40-41(2)22-30)28-8-10-31(11-9-28)54-55(48,49)50)17-35(42(25)3)33-18-36-37(53-24-52-36)19-34(33)38(46)44-21-27-7-5-4-6-26(27)16-29(44)23-43-12-14-51-15-13-43;;/h4-11,17-20,22,29H,12-16,21,23-24H2,1-3H3,(H2,48,49,50);;/q;2*+1/p-2/t29-;;/m0../s1. The number of ether oxygens (including phenoxy) is 3. The predicted octanol–water partition coefficient (Wildman–Crippen LogP) is -2.44. The third kappa shape index (κ3) is 9.09. The maximum Gasteiger partial charge on any atom is 1.00 e. The van der Waals surface area contributed by atoms with E-state index in [4.69, 9.17) is 14.2 Å². The van der Waals surface area contributed by atoms with Crippen LogP contribution in [0.5, 0.6) is 17.2 Å². The van der Waals surface area contributed by atoms with Gasteiger partial charge in [-0.1, -0.05) is 24.3 Å². The van der Waals surface area contributed by atoms with E-state index in [0.29, 0.717) is 83.7 Å². The van der Waals surface area contributed by atoms with Gasteiger partial charge in [-0.25, -0.2) is 0 Å². The largest absolute Gasteiger partial charge is 1.00 e. The van der Waals surface area contributed by atoms with Crippen LogP contribution in [0.25, 0.3) is 11.3 Å². The Morgan fingerprint density at radius 2 is 1.61 bits per heavy atom. The van der Waals surface area contributed by atoms with Gasteiger partial charge >= 0.3 is 59.1 Å². The van der Waals surface area contributed by atoms with Crippen molar-refractivity contribution in [3.8, 4) is 28.5 Å². The summed E-state index contributed by atoms with van der Waals surface area (Å²) < 4.78 is 36.3. The molecule has 1 fully saturated rings. The van der Waals surface area contributed by atoms with Crippen molar-refractivity contribution in [2.75, 3.05) is 44.5 Å². The number of hydrogen-bond acceptors (Lipinski definition) is 11. The minimum atomic E-state index is -5.29. The number of amides is 2. The van der Waals surface area contributed by atoms with Gasteiger partial charge in [0.05, 0.1) is 36.2 Å². The molecule has 1 atom stereocenters. The number of phosphoric ester groups is 1. The average molecular weight is 813 g/mol. The molecule has 0 aliphatic carbocycles. The molecule has 0 saturated carbocycles. The predicted molar refractivity (Wildman–Crippen MR) is 197 cm³/mol. The second-order valence-electron chi connectivity index (χ2n) is 13.9. The summed E-state index contributed by atoms with van der Waals surface area (Å²) in [5.74, 6) is 0.210. The molecule has 3 aromatic carbocycles. The van der Waals surface area contributed by atoms with Gasteiger partial charge in [0.25, 0.3) is 11.8 Å². The number of fused-ring (bicyclic) bond motifs is 2. The number of anilines is 2. The summed E-state index contributed by atoms with van der Waals surface area (Å²) in [6.45, 7) is 5.89. The quantitative estimate of drug-likeness (QED) is 0.115. The van der Waals surface area contributed by atoms with E-state index >= 15 is 4.79 Å². The summed E-state index contributed by atoms with van der Waals surface area (Å²) in [6, 6.07) is 19.0. The van der Waals surface area contributed by atoms with Gasteiger partial charge in [0.1, 0.15) is 13.6 Å². The molecule has 0 bridgehead atoms. The van der Waals surface area contributed by atoms with Gasteiger partial charge in [0.15, 0.2) is 11.5 Å². The first-order valence-corrected chi connectivity index (χ1v) is 19.3. The van der Waals surface area contributed by atoms with Crippen LogP contribution < -0.4 is 87.8 Å². The van der Waals surface area contributed by atoms with E-state index in [1.807, 2.05) is 35.6 Å². The van der Waals surface area contributed by atoms with Crippen LogP contribution in [0.3, 0.4) is 0 Å². The third-order valence-electron chi connectivity index (χ3n) is 10.4. The van der Waals surface area contributed by atoms with Crippen molar-refractivity contribution in [3.05, 3.63) is 107 Å². The fraction of sp³-hybridized carbons (Fsp3) is 0.308. The Bertz CT molecular complexity index is 2320. The molecule has 5 aromatic rings. The molecule has 286 valence electrons. The molecule has 0 N–H and O–H groups in total. The zero-order valence-electron chi connectivity index (χ0n) is 32.5. The number of benzene rings is 3. The van der Waals surface area contributed by atoms with E-state index < -0.39 is 13.7 Å². The van der Waals surface area contributed by atoms with Crippen LogP contribution in [-0.4, -0.2) is 81.6 Å². The molecule has 18 heteroatoms. The van der Waals surface area contributed by atoms with Crippen molar-refractivity contribution in [3.63, 3.8) is 0 Å². The Morgan fingerprint density at radius 3 is 2.28 bits per heavy atom. The number of aryl methyl sites for hydroxylation is 1. The zero-order valence-corrected chi connectivity index (χ0v) is 37.4. The van der Waals surface area contributed by atoms with E-state index in [1.165, 1.54) is 40.9 Å². The molecule has 15 nitrogen and oxygen atoms in total. The molecule has 2 aromatic heterocycles. The number of hydrogen-bond donors (Lipinski definition) is 0. The monoisotopic (exact) mass is 812 g/mol. The molecule has 0 spiro atoms. The van der Waals surface area contributed by atoms with Gasteiger partial charge in [0, 0.05) is 75.2 Å². The minimum absolute atomic E-state index is 0. The summed E-state index contributed by atoms with van der Waals surface area (Å²) >= 11 is 0. The van der Waals surface area contributed by atoms with Crippen molar-refractivity contribution in [2.24, 2.45) is 14.1 Å². The van der Waals surface area contributed by atoms with Crippen LogP contribution in [0.15, 0.2) is 79.1 Å². The van der Waals surface area contributed by atoms with E-state index in [9.17, 15) is 19.1 Å². The summed E-state index contributed by atoms with van der Waals surface area (Å²) in [5, 5.41) is 4.26. The first-order valence-electron chi connectivity index (χ1n) is 17.9. The average Bonchev–Trinajstić information content (AvgIpc) is 3.89. The van der Waals surface area contributed by atoms with Crippen molar-refractivity contribution < 1.29 is 102 Å². The van der Waals surface area contributed by atoms with Crippen molar-refractivity contribution in [1.29, 1.82) is 0 Å². The Labute approximate surface area is 374 Å². The van der Waals surface area contributed by atoms with Crippen molar-refractivity contribution in [2.45, 2.75) is 25.9 Å². The van der Waals surface area contributed by atoms with E-state index in [2.05, 4.69) is 26.7 Å². The molecule has 0 radical (unpaired) electrons. The first kappa shape index (κ1) is 43.1. The molecular formula is C39H39N6Na2O9P. The fourth-order valence-electron chi connectivity index (χ4n) is 7.54. The molecule has 57 heavy (non-hydrogen) atoms.